The highest BCUT2D eigenvalue weighted by Gasteiger charge is 2.21. The van der Waals surface area contributed by atoms with Gasteiger partial charge in [0.1, 0.15) is 0 Å². The van der Waals surface area contributed by atoms with E-state index < -0.39 is 0 Å². The van der Waals surface area contributed by atoms with E-state index in [0.717, 1.165) is 29.4 Å². The molecule has 0 bridgehead atoms. The molecule has 3 nitrogen and oxygen atoms in total. The lowest BCUT2D eigenvalue weighted by molar-refractivity contribution is 0.0924. The molecular formula is C14H22N2O. The van der Waals surface area contributed by atoms with E-state index in [4.69, 9.17) is 0 Å². The molecule has 1 saturated carbocycles. The van der Waals surface area contributed by atoms with Crippen molar-refractivity contribution >= 4 is 5.78 Å². The van der Waals surface area contributed by atoms with Gasteiger partial charge < -0.3 is 4.98 Å². The summed E-state index contributed by atoms with van der Waals surface area (Å²) in [6.45, 7) is 5.55. The van der Waals surface area contributed by atoms with Gasteiger partial charge in [-0.1, -0.05) is 6.42 Å². The Morgan fingerprint density at radius 3 is 2.65 bits per heavy atom. The summed E-state index contributed by atoms with van der Waals surface area (Å²) < 4.78 is 0. The van der Waals surface area contributed by atoms with Crippen LogP contribution in [-0.4, -0.2) is 35.8 Å². The van der Waals surface area contributed by atoms with Crippen molar-refractivity contribution in [3.63, 3.8) is 0 Å². The molecular weight excluding hydrogens is 212 g/mol. The average molecular weight is 234 g/mol. The molecule has 0 amide bonds. The number of likely N-dealkylation sites (N-methyl/N-ethyl adjacent to an activating group) is 1. The standard InChI is InChI=1S/C14H22N2O/c1-10-7-13(11(2)15-10)14(17)9-16(3)8-12-5-4-6-12/h7,12,15H,4-6,8-9H2,1-3H3. The molecule has 0 radical (unpaired) electrons. The maximum absolute atomic E-state index is 12.1. The van der Waals surface area contributed by atoms with E-state index in [1.807, 2.05) is 27.0 Å². The Kier molecular flexibility index (Phi) is 3.67. The molecule has 1 aromatic rings. The van der Waals surface area contributed by atoms with Crippen LogP contribution in [-0.2, 0) is 0 Å². The first-order chi connectivity index (χ1) is 8.06. The lowest BCUT2D eigenvalue weighted by Crippen LogP contribution is -2.33. The van der Waals surface area contributed by atoms with Crippen LogP contribution in [0.5, 0.6) is 0 Å². The third-order valence-electron chi connectivity index (χ3n) is 3.66. The number of nitrogens with zero attached hydrogens (tertiary/aromatic N) is 1. The van der Waals surface area contributed by atoms with Gasteiger partial charge in [0, 0.05) is 23.5 Å². The molecule has 3 heteroatoms. The summed E-state index contributed by atoms with van der Waals surface area (Å²) in [6, 6.07) is 1.95. The quantitative estimate of drug-likeness (QED) is 0.795. The molecule has 94 valence electrons. The summed E-state index contributed by atoms with van der Waals surface area (Å²) in [6.07, 6.45) is 4.03. The second-order valence-electron chi connectivity index (χ2n) is 5.41. The maximum Gasteiger partial charge on any atom is 0.178 e. The summed E-state index contributed by atoms with van der Waals surface area (Å²) >= 11 is 0. The molecule has 2 rings (SSSR count). The second kappa shape index (κ2) is 5.05. The van der Waals surface area contributed by atoms with Crippen LogP contribution in [0.25, 0.3) is 0 Å². The maximum atomic E-state index is 12.1. The number of aromatic nitrogens is 1. The summed E-state index contributed by atoms with van der Waals surface area (Å²) in [5.41, 5.74) is 2.90. The Bertz CT molecular complexity index is 404. The summed E-state index contributed by atoms with van der Waals surface area (Å²) in [5, 5.41) is 0. The SMILES string of the molecule is Cc1cc(C(=O)CN(C)CC2CCC2)c(C)[nH]1. The number of aryl methyl sites for hydroxylation is 2. The van der Waals surface area contributed by atoms with Crippen molar-refractivity contribution in [1.29, 1.82) is 0 Å². The lowest BCUT2D eigenvalue weighted by atomic mass is 9.85. The molecule has 1 N–H and O–H groups in total. The molecule has 1 aromatic heterocycles. The molecule has 1 aliphatic carbocycles. The highest BCUT2D eigenvalue weighted by atomic mass is 16.1. The van der Waals surface area contributed by atoms with Gasteiger partial charge in [-0.2, -0.15) is 0 Å². The molecule has 0 spiro atoms. The predicted octanol–water partition coefficient (Wildman–Crippen LogP) is 2.55. The Labute approximate surface area is 103 Å². The highest BCUT2D eigenvalue weighted by Crippen LogP contribution is 2.26. The van der Waals surface area contributed by atoms with Crippen LogP contribution in [0, 0.1) is 19.8 Å². The van der Waals surface area contributed by atoms with Gasteiger partial charge in [-0.15, -0.1) is 0 Å². The first kappa shape index (κ1) is 12.4. The number of carbonyl (C=O) groups is 1. The van der Waals surface area contributed by atoms with Crippen molar-refractivity contribution in [2.45, 2.75) is 33.1 Å². The summed E-state index contributed by atoms with van der Waals surface area (Å²) in [4.78, 5) is 17.5. The molecule has 17 heavy (non-hydrogen) atoms. The predicted molar refractivity (Wildman–Crippen MR) is 69.4 cm³/mol. The minimum absolute atomic E-state index is 0.230. The fraction of sp³-hybridized carbons (Fsp3) is 0.643. The zero-order valence-electron chi connectivity index (χ0n) is 11.0. The number of hydrogen-bond donors (Lipinski definition) is 1. The van der Waals surface area contributed by atoms with Crippen molar-refractivity contribution in [2.75, 3.05) is 20.1 Å². The summed E-state index contributed by atoms with van der Waals surface area (Å²) in [7, 11) is 2.05. The molecule has 1 heterocycles. The number of ketones is 1. The van der Waals surface area contributed by atoms with Crippen molar-refractivity contribution in [1.82, 2.24) is 9.88 Å². The smallest absolute Gasteiger partial charge is 0.178 e. The van der Waals surface area contributed by atoms with Crippen LogP contribution < -0.4 is 0 Å². The molecule has 0 aliphatic heterocycles. The largest absolute Gasteiger partial charge is 0.362 e. The molecule has 1 fully saturated rings. The van der Waals surface area contributed by atoms with E-state index >= 15 is 0 Å². The fourth-order valence-corrected chi connectivity index (χ4v) is 2.52. The monoisotopic (exact) mass is 234 g/mol. The van der Waals surface area contributed by atoms with Gasteiger partial charge in [-0.25, -0.2) is 0 Å². The number of aromatic amines is 1. The van der Waals surface area contributed by atoms with Crippen LogP contribution in [0.4, 0.5) is 0 Å². The Balaban J connectivity index is 1.89. The van der Waals surface area contributed by atoms with Crippen LogP contribution in [0.3, 0.4) is 0 Å². The van der Waals surface area contributed by atoms with Crippen molar-refractivity contribution in [3.05, 3.63) is 23.0 Å². The second-order valence-corrected chi connectivity index (χ2v) is 5.41. The van der Waals surface area contributed by atoms with Crippen molar-refractivity contribution in [3.8, 4) is 0 Å². The molecule has 0 unspecified atom stereocenters. The zero-order chi connectivity index (χ0) is 12.4. The minimum Gasteiger partial charge on any atom is -0.362 e. The first-order valence-corrected chi connectivity index (χ1v) is 6.44. The number of Topliss-reactive ketones (excluding diaryl/α,β-unsaturated/α-hetero) is 1. The van der Waals surface area contributed by atoms with E-state index in [9.17, 15) is 4.79 Å². The normalized spacial score (nSPS) is 16.2. The third-order valence-corrected chi connectivity index (χ3v) is 3.66. The van der Waals surface area contributed by atoms with E-state index in [2.05, 4.69) is 9.88 Å². The Hall–Kier alpha value is -1.09. The van der Waals surface area contributed by atoms with Crippen molar-refractivity contribution in [2.24, 2.45) is 5.92 Å². The van der Waals surface area contributed by atoms with Crippen LogP contribution in [0.15, 0.2) is 6.07 Å². The average Bonchev–Trinajstić information content (AvgIpc) is 2.52. The summed E-state index contributed by atoms with van der Waals surface area (Å²) in [5.74, 6) is 1.05. The number of rotatable bonds is 5. The number of nitrogens with one attached hydrogen (secondary N) is 1. The Morgan fingerprint density at radius 2 is 2.18 bits per heavy atom. The number of carbonyl (C=O) groups excluding carboxylic acids is 1. The first-order valence-electron chi connectivity index (χ1n) is 6.44. The van der Waals surface area contributed by atoms with Crippen molar-refractivity contribution < 1.29 is 4.79 Å². The fourth-order valence-electron chi connectivity index (χ4n) is 2.52. The molecule has 0 saturated heterocycles. The number of hydrogen-bond acceptors (Lipinski definition) is 2. The van der Waals surface area contributed by atoms with Gasteiger partial charge in [0.05, 0.1) is 6.54 Å². The molecule has 0 atom stereocenters. The minimum atomic E-state index is 0.230. The van der Waals surface area contributed by atoms with Gasteiger partial charge in [0.2, 0.25) is 0 Å². The van der Waals surface area contributed by atoms with Crippen LogP contribution in [0.1, 0.15) is 41.0 Å². The van der Waals surface area contributed by atoms with Gasteiger partial charge in [-0.3, -0.25) is 9.69 Å². The van der Waals surface area contributed by atoms with Gasteiger partial charge in [0.25, 0.3) is 0 Å². The topological polar surface area (TPSA) is 36.1 Å². The lowest BCUT2D eigenvalue weighted by Gasteiger charge is -2.29. The van der Waals surface area contributed by atoms with Gasteiger partial charge >= 0.3 is 0 Å². The molecule has 0 aromatic carbocycles. The van der Waals surface area contributed by atoms with E-state index in [-0.39, 0.29) is 5.78 Å². The van der Waals surface area contributed by atoms with E-state index in [1.54, 1.807) is 0 Å². The Morgan fingerprint density at radius 1 is 1.47 bits per heavy atom. The highest BCUT2D eigenvalue weighted by molar-refractivity contribution is 5.98. The van der Waals surface area contributed by atoms with E-state index in [0.29, 0.717) is 6.54 Å². The van der Waals surface area contributed by atoms with Crippen LogP contribution in [0.2, 0.25) is 0 Å². The zero-order valence-corrected chi connectivity index (χ0v) is 11.0. The van der Waals surface area contributed by atoms with Gasteiger partial charge in [0.15, 0.2) is 5.78 Å². The number of H-pyrrole nitrogens is 1. The molecule has 1 aliphatic rings. The van der Waals surface area contributed by atoms with Crippen LogP contribution >= 0.6 is 0 Å². The van der Waals surface area contributed by atoms with Gasteiger partial charge in [-0.05, 0) is 45.7 Å². The third kappa shape index (κ3) is 2.97. The van der Waals surface area contributed by atoms with E-state index in [1.165, 1.54) is 19.3 Å².